The first-order chi connectivity index (χ1) is 41.2. The van der Waals surface area contributed by atoms with Gasteiger partial charge in [0.05, 0.1) is 55.6 Å². The molecule has 0 bridgehead atoms. The Balaban J connectivity index is 0.855. The smallest absolute Gasteiger partial charge is 0.315 e. The van der Waals surface area contributed by atoms with Crippen molar-refractivity contribution in [1.29, 1.82) is 0 Å². The number of carboxylic acid groups (broad SMARTS) is 1. The summed E-state index contributed by atoms with van der Waals surface area (Å²) in [5, 5.41) is 186. The van der Waals surface area contributed by atoms with Gasteiger partial charge in [-0.05, 0) is 113 Å². The van der Waals surface area contributed by atoms with Crippen LogP contribution in [0.5, 0.6) is 0 Å². The number of allylic oxidation sites excluding steroid dienone is 1. The van der Waals surface area contributed by atoms with Crippen LogP contribution in [0.3, 0.4) is 0 Å². The first kappa shape index (κ1) is 68.5. The molecule has 17 N–H and O–H groups in total. The Morgan fingerprint density at radius 3 is 1.70 bits per heavy atom. The van der Waals surface area contributed by atoms with Gasteiger partial charge in [0.25, 0.3) is 0 Å². The third kappa shape index (κ3) is 11.0. The lowest BCUT2D eigenvalue weighted by Crippen LogP contribution is -2.71. The number of esters is 1. The number of rotatable bonds is 14. The Morgan fingerprint density at radius 1 is 0.557 bits per heavy atom. The van der Waals surface area contributed by atoms with Crippen LogP contribution in [0, 0.1) is 50.2 Å². The summed E-state index contributed by atoms with van der Waals surface area (Å²) in [6.45, 7) is 10.2. The molecule has 10 aliphatic rings. The molecule has 0 unspecified atom stereocenters. The minimum atomic E-state index is -2.00. The molecule has 88 heavy (non-hydrogen) atoms. The molecular weight excluding hydrogens is 1170 g/mol. The van der Waals surface area contributed by atoms with E-state index in [1.54, 1.807) is 0 Å². The summed E-state index contributed by atoms with van der Waals surface area (Å²) >= 11 is 0. The summed E-state index contributed by atoms with van der Waals surface area (Å²) < 4.78 is 58.9. The quantitative estimate of drug-likeness (QED) is 0.0443. The van der Waals surface area contributed by atoms with Crippen molar-refractivity contribution in [3.63, 3.8) is 0 Å². The van der Waals surface area contributed by atoms with Crippen LogP contribution in [-0.4, -0.2) is 285 Å². The molecule has 29 heteroatoms. The SMILES string of the molecule is C[C@@H]1O[C@@H](O[C@H]2[C@H](OC(=O)[C@]34CCC(C)(C)C[C@H]3C3=CC[C@@H]5[C@@]6(C)C[C@H](O)[C@H](O[C@@H]7O[C@H](CO)[C@@H](O)[C@H](O)[C@H]7O)[C@@](C)(C(=O)O)[C@@H]6CC[C@@]5(C)[C@]3(CO)CC4)O[C@H](C)[C@H](O)[C@@H]2O)[C@H](O)[C@H](O)[C@H]1O[C@@H]1OC[C@@H](O[C@@H]2O[C@H](CO)[C@H](O)[C@H](O)[C@H]2O)[C@H](O)[C@H]1O. The maximum absolute atomic E-state index is 15.5. The van der Waals surface area contributed by atoms with Gasteiger partial charge in [0, 0.05) is 5.41 Å². The van der Waals surface area contributed by atoms with Gasteiger partial charge in [0.2, 0.25) is 6.29 Å². The highest BCUT2D eigenvalue weighted by atomic mass is 16.8. The molecule has 0 spiro atoms. The number of carbonyl (C=O) groups is 2. The van der Waals surface area contributed by atoms with Gasteiger partial charge in [-0.3, -0.25) is 9.59 Å². The second kappa shape index (κ2) is 25.1. The molecule has 9 fully saturated rings. The fourth-order valence-corrected chi connectivity index (χ4v) is 17.8. The fourth-order valence-electron chi connectivity index (χ4n) is 17.8. The zero-order valence-corrected chi connectivity index (χ0v) is 50.5. The molecule has 5 aliphatic carbocycles. The van der Waals surface area contributed by atoms with E-state index in [4.69, 9.17) is 47.4 Å². The first-order valence-corrected chi connectivity index (χ1v) is 30.9. The van der Waals surface area contributed by atoms with Gasteiger partial charge >= 0.3 is 11.9 Å². The summed E-state index contributed by atoms with van der Waals surface area (Å²) in [6, 6.07) is 0. The van der Waals surface area contributed by atoms with Crippen LogP contribution in [-0.2, 0) is 57.0 Å². The number of hydrogen-bond acceptors (Lipinski definition) is 28. The molecule has 5 aliphatic heterocycles. The fraction of sp³-hybridized carbons (Fsp3) is 0.932. The van der Waals surface area contributed by atoms with E-state index in [1.807, 2.05) is 6.92 Å². The number of aliphatic hydroxyl groups excluding tert-OH is 16. The average Bonchev–Trinajstić information content (AvgIpc) is 0.673. The monoisotopic (exact) mass is 1270 g/mol. The molecule has 10 rings (SSSR count). The van der Waals surface area contributed by atoms with E-state index < -0.39 is 230 Å². The highest BCUT2D eigenvalue weighted by Crippen LogP contribution is 2.76. The Labute approximate surface area is 508 Å². The molecule has 504 valence electrons. The van der Waals surface area contributed by atoms with E-state index in [2.05, 4.69) is 26.8 Å². The minimum absolute atomic E-state index is 0.0295. The van der Waals surface area contributed by atoms with E-state index in [0.717, 1.165) is 5.57 Å². The first-order valence-electron chi connectivity index (χ1n) is 30.9. The normalized spacial score (nSPS) is 54.6. The largest absolute Gasteiger partial charge is 0.481 e. The van der Waals surface area contributed by atoms with Gasteiger partial charge in [0.1, 0.15) is 104 Å². The van der Waals surface area contributed by atoms with Gasteiger partial charge in [0.15, 0.2) is 31.3 Å². The summed E-state index contributed by atoms with van der Waals surface area (Å²) in [4.78, 5) is 29.3. The number of ether oxygens (including phenoxy) is 10. The lowest BCUT2D eigenvalue weighted by Gasteiger charge is -2.71. The number of hydrogen-bond donors (Lipinski definition) is 17. The summed E-state index contributed by atoms with van der Waals surface area (Å²) in [5.41, 5.74) is -5.19. The van der Waals surface area contributed by atoms with Crippen LogP contribution in [0.1, 0.15) is 106 Å². The molecule has 5 saturated heterocycles. The molecule has 4 saturated carbocycles. The summed E-state index contributed by atoms with van der Waals surface area (Å²) in [5.74, 6) is -3.54. The van der Waals surface area contributed by atoms with Crippen molar-refractivity contribution < 1.29 is 144 Å². The molecule has 29 nitrogen and oxygen atoms in total. The number of carbonyl (C=O) groups excluding carboxylic acids is 1. The molecule has 0 amide bonds. The van der Waals surface area contributed by atoms with E-state index in [0.29, 0.717) is 38.5 Å². The Morgan fingerprint density at radius 2 is 1.10 bits per heavy atom. The number of carboxylic acids is 1. The zero-order valence-electron chi connectivity index (χ0n) is 50.5. The molecule has 0 aromatic rings. The van der Waals surface area contributed by atoms with Crippen LogP contribution in [0.15, 0.2) is 11.6 Å². The lowest BCUT2D eigenvalue weighted by molar-refractivity contribution is -0.378. The minimum Gasteiger partial charge on any atom is -0.481 e. The van der Waals surface area contributed by atoms with Crippen molar-refractivity contribution >= 4 is 11.9 Å². The van der Waals surface area contributed by atoms with E-state index in [9.17, 15) is 91.6 Å². The molecule has 0 aromatic heterocycles. The van der Waals surface area contributed by atoms with Crippen LogP contribution in [0.25, 0.3) is 0 Å². The molecule has 0 aromatic carbocycles. The van der Waals surface area contributed by atoms with Gasteiger partial charge in [-0.25, -0.2) is 0 Å². The van der Waals surface area contributed by atoms with Crippen molar-refractivity contribution in [2.75, 3.05) is 26.4 Å². The number of aliphatic hydroxyl groups is 16. The number of fused-ring (bicyclic) bond motifs is 7. The Hall–Kier alpha value is -2.32. The molecular formula is C59H94O29. The third-order valence-electron chi connectivity index (χ3n) is 23.1. The predicted octanol–water partition coefficient (Wildman–Crippen LogP) is -4.51. The topological polar surface area (TPSA) is 470 Å². The van der Waals surface area contributed by atoms with E-state index in [1.165, 1.54) is 20.8 Å². The van der Waals surface area contributed by atoms with Gasteiger partial charge in [-0.15, -0.1) is 0 Å². The average molecular weight is 1270 g/mol. The predicted molar refractivity (Wildman–Crippen MR) is 291 cm³/mol. The van der Waals surface area contributed by atoms with Crippen LogP contribution in [0.2, 0.25) is 0 Å². The Bertz CT molecular complexity index is 2510. The van der Waals surface area contributed by atoms with Crippen LogP contribution >= 0.6 is 0 Å². The zero-order chi connectivity index (χ0) is 64.4. The maximum Gasteiger partial charge on any atom is 0.315 e. The third-order valence-corrected chi connectivity index (χ3v) is 23.1. The Kier molecular flexibility index (Phi) is 19.6. The summed E-state index contributed by atoms with van der Waals surface area (Å²) in [7, 11) is 0. The second-order valence-corrected chi connectivity index (χ2v) is 28.4. The highest BCUT2D eigenvalue weighted by Gasteiger charge is 2.74. The lowest BCUT2D eigenvalue weighted by atomic mass is 9.33. The molecule has 0 radical (unpaired) electrons. The van der Waals surface area contributed by atoms with Crippen molar-refractivity contribution in [3.8, 4) is 0 Å². The molecule has 5 heterocycles. The maximum atomic E-state index is 15.5. The van der Waals surface area contributed by atoms with Crippen LogP contribution < -0.4 is 0 Å². The van der Waals surface area contributed by atoms with Crippen molar-refractivity contribution in [1.82, 2.24) is 0 Å². The van der Waals surface area contributed by atoms with Crippen molar-refractivity contribution in [2.45, 2.75) is 266 Å². The van der Waals surface area contributed by atoms with Crippen molar-refractivity contribution in [2.24, 2.45) is 50.2 Å². The molecule has 34 atom stereocenters. The number of aliphatic carboxylic acids is 1. The van der Waals surface area contributed by atoms with Gasteiger partial charge < -0.3 is 134 Å². The van der Waals surface area contributed by atoms with E-state index >= 15 is 4.79 Å². The van der Waals surface area contributed by atoms with Gasteiger partial charge in [-0.1, -0.05) is 39.3 Å². The second-order valence-electron chi connectivity index (χ2n) is 28.4. The van der Waals surface area contributed by atoms with E-state index in [-0.39, 0.29) is 37.2 Å². The van der Waals surface area contributed by atoms with Crippen molar-refractivity contribution in [3.05, 3.63) is 11.6 Å². The van der Waals surface area contributed by atoms with Gasteiger partial charge in [-0.2, -0.15) is 0 Å². The van der Waals surface area contributed by atoms with Crippen LogP contribution in [0.4, 0.5) is 0 Å². The standard InChI is InChI=1S/C59H94O29/c1-22-32(64)38(70)45(86-48-43(75)39(71)44(23(2)81-48)85-47-40(72)35(67)29(20-79-47)84-49-41(73)36(68)33(65)27(18-60)82-49)51(80-22)88-53(78)58-13-12-54(3,4)16-25(58)24-8-9-30-55(5)17-26(63)46(87-50-42(74)37(69)34(66)28(19-61)83-50)57(7,52(76)77)31(55)10-11-56(30,6)59(24,21-62)15-14-58/h8,22-23,25-51,60-75H,9-21H2,1-7H3,(H,76,77)/t22-,23+,25+,26+,27-,28-,29-,30-,31-,32+,33+,34-,35+,36+,37+,38+,39+,40-,41-,42-,43-,44+,45-,46+,47+,48+,49+,50+,51+,55-,56-,57+,58+,59+/m1/s1. The highest BCUT2D eigenvalue weighted by molar-refractivity contribution is 5.79. The summed E-state index contributed by atoms with van der Waals surface area (Å²) in [6.07, 6.45) is -38.0.